The maximum Gasteiger partial charge on any atom is 0.280 e. The van der Waals surface area contributed by atoms with Crippen LogP contribution in [0.5, 0.6) is 11.5 Å². The van der Waals surface area contributed by atoms with Crippen LogP contribution in [0.1, 0.15) is 16.1 Å². The van der Waals surface area contributed by atoms with E-state index in [9.17, 15) is 4.79 Å². The molecule has 0 saturated heterocycles. The van der Waals surface area contributed by atoms with Gasteiger partial charge in [0, 0.05) is 28.4 Å². The Bertz CT molecular complexity index is 951. The minimum absolute atomic E-state index is 0.0479. The van der Waals surface area contributed by atoms with Gasteiger partial charge in [-0.15, -0.1) is 5.10 Å². The van der Waals surface area contributed by atoms with E-state index in [0.717, 1.165) is 10.0 Å². The van der Waals surface area contributed by atoms with Crippen molar-refractivity contribution in [2.45, 2.75) is 6.54 Å². The number of nitrogens with one attached hydrogen (secondary N) is 1. The van der Waals surface area contributed by atoms with Gasteiger partial charge in [0.15, 0.2) is 11.5 Å². The maximum absolute atomic E-state index is 12.6. The molecule has 0 spiro atoms. The van der Waals surface area contributed by atoms with Crippen LogP contribution in [0.3, 0.4) is 0 Å². The molecule has 0 unspecified atom stereocenters. The quantitative estimate of drug-likeness (QED) is 0.621. The lowest BCUT2D eigenvalue weighted by molar-refractivity contribution is 0.102. The molecule has 3 rings (SSSR count). The van der Waals surface area contributed by atoms with Crippen LogP contribution < -0.4 is 20.5 Å². The van der Waals surface area contributed by atoms with Gasteiger partial charge in [0.05, 0.1) is 20.8 Å². The number of benzene rings is 2. The largest absolute Gasteiger partial charge is 0.497 e. The third kappa shape index (κ3) is 4.37. The number of hydrogen-bond donors (Lipinski definition) is 2. The zero-order chi connectivity index (χ0) is 19.4. The third-order valence-corrected chi connectivity index (χ3v) is 4.31. The van der Waals surface area contributed by atoms with Crippen molar-refractivity contribution in [3.63, 3.8) is 0 Å². The Kier molecular flexibility index (Phi) is 5.60. The number of methoxy groups -OCH3 is 2. The number of hydrogen-bond acceptors (Lipinski definition) is 6. The summed E-state index contributed by atoms with van der Waals surface area (Å²) in [5.41, 5.74) is 7.59. The number of amides is 1. The SMILES string of the molecule is COc1cc(NC(=O)c2nnn(Cc3cccc(Br)c3)c2N)cc(OC)c1. The van der Waals surface area contributed by atoms with Crippen molar-refractivity contribution in [2.24, 2.45) is 0 Å². The fourth-order valence-electron chi connectivity index (χ4n) is 2.48. The average Bonchev–Trinajstić information content (AvgIpc) is 3.02. The molecule has 3 N–H and O–H groups in total. The Morgan fingerprint density at radius 2 is 1.89 bits per heavy atom. The Labute approximate surface area is 164 Å². The lowest BCUT2D eigenvalue weighted by Gasteiger charge is -2.09. The van der Waals surface area contributed by atoms with Crippen molar-refractivity contribution in [3.8, 4) is 11.5 Å². The van der Waals surface area contributed by atoms with Crippen LogP contribution in [0.15, 0.2) is 46.9 Å². The summed E-state index contributed by atoms with van der Waals surface area (Å²) < 4.78 is 12.8. The minimum atomic E-state index is -0.469. The molecule has 140 valence electrons. The predicted molar refractivity (Wildman–Crippen MR) is 105 cm³/mol. The van der Waals surface area contributed by atoms with E-state index >= 15 is 0 Å². The first-order valence-electron chi connectivity index (χ1n) is 7.98. The van der Waals surface area contributed by atoms with Crippen molar-refractivity contribution in [2.75, 3.05) is 25.3 Å². The van der Waals surface area contributed by atoms with Gasteiger partial charge in [-0.2, -0.15) is 0 Å². The third-order valence-electron chi connectivity index (χ3n) is 3.82. The maximum atomic E-state index is 12.6. The van der Waals surface area contributed by atoms with Crippen molar-refractivity contribution >= 4 is 33.3 Å². The molecule has 3 aromatic rings. The fraction of sp³-hybridized carbons (Fsp3) is 0.167. The standard InChI is InChI=1S/C18H18BrN5O3/c1-26-14-7-13(8-15(9-14)27-2)21-18(25)16-17(20)24(23-22-16)10-11-4-3-5-12(19)6-11/h3-9H,10,20H2,1-2H3,(H,21,25). The molecule has 0 bridgehead atoms. The van der Waals surface area contributed by atoms with E-state index in [-0.39, 0.29) is 11.5 Å². The second-order valence-corrected chi connectivity index (χ2v) is 6.58. The van der Waals surface area contributed by atoms with E-state index < -0.39 is 5.91 Å². The van der Waals surface area contributed by atoms with Gasteiger partial charge in [-0.1, -0.05) is 33.3 Å². The Morgan fingerprint density at radius 3 is 2.52 bits per heavy atom. The van der Waals surface area contributed by atoms with Crippen LogP contribution in [0.25, 0.3) is 0 Å². The lowest BCUT2D eigenvalue weighted by Crippen LogP contribution is -2.15. The molecule has 1 aromatic heterocycles. The molecule has 1 heterocycles. The van der Waals surface area contributed by atoms with Crippen LogP contribution >= 0.6 is 15.9 Å². The Hall–Kier alpha value is -3.07. The number of ether oxygens (including phenoxy) is 2. The highest BCUT2D eigenvalue weighted by molar-refractivity contribution is 9.10. The summed E-state index contributed by atoms with van der Waals surface area (Å²) in [4.78, 5) is 12.6. The first-order valence-corrected chi connectivity index (χ1v) is 8.77. The number of carbonyl (C=O) groups is 1. The number of rotatable bonds is 6. The van der Waals surface area contributed by atoms with Gasteiger partial charge in [0.2, 0.25) is 0 Å². The number of nitrogen functional groups attached to an aromatic ring is 1. The van der Waals surface area contributed by atoms with Crippen LogP contribution in [-0.2, 0) is 6.54 Å². The summed E-state index contributed by atoms with van der Waals surface area (Å²) in [6, 6.07) is 12.8. The van der Waals surface area contributed by atoms with E-state index in [1.54, 1.807) is 18.2 Å². The highest BCUT2D eigenvalue weighted by Crippen LogP contribution is 2.26. The fourth-order valence-corrected chi connectivity index (χ4v) is 2.92. The van der Waals surface area contributed by atoms with Crippen LogP contribution in [0.4, 0.5) is 11.5 Å². The zero-order valence-corrected chi connectivity index (χ0v) is 16.4. The minimum Gasteiger partial charge on any atom is -0.497 e. The number of carbonyl (C=O) groups excluding carboxylic acids is 1. The molecular weight excluding hydrogens is 414 g/mol. The van der Waals surface area contributed by atoms with E-state index in [1.807, 2.05) is 24.3 Å². The molecule has 0 aliphatic heterocycles. The molecular formula is C18H18BrN5O3. The normalized spacial score (nSPS) is 10.5. The van der Waals surface area contributed by atoms with Gasteiger partial charge in [0.1, 0.15) is 11.5 Å². The lowest BCUT2D eigenvalue weighted by atomic mass is 10.2. The van der Waals surface area contributed by atoms with E-state index in [0.29, 0.717) is 23.7 Å². The molecule has 9 heteroatoms. The topological polar surface area (TPSA) is 104 Å². The predicted octanol–water partition coefficient (Wildman–Crippen LogP) is 2.94. The smallest absolute Gasteiger partial charge is 0.280 e. The van der Waals surface area contributed by atoms with Crippen LogP contribution in [0.2, 0.25) is 0 Å². The van der Waals surface area contributed by atoms with Gasteiger partial charge in [0.25, 0.3) is 5.91 Å². The second kappa shape index (κ2) is 8.09. The molecule has 0 atom stereocenters. The van der Waals surface area contributed by atoms with Crippen LogP contribution in [0, 0.1) is 0 Å². The molecule has 0 aliphatic rings. The molecule has 8 nitrogen and oxygen atoms in total. The number of aromatic nitrogens is 3. The molecule has 0 fully saturated rings. The summed E-state index contributed by atoms with van der Waals surface area (Å²) >= 11 is 3.42. The summed E-state index contributed by atoms with van der Waals surface area (Å²) in [6.07, 6.45) is 0. The molecule has 0 radical (unpaired) electrons. The number of nitrogens with two attached hydrogens (primary N) is 1. The average molecular weight is 432 g/mol. The highest BCUT2D eigenvalue weighted by atomic mass is 79.9. The van der Waals surface area contributed by atoms with Gasteiger partial charge >= 0.3 is 0 Å². The second-order valence-electron chi connectivity index (χ2n) is 5.67. The molecule has 0 aliphatic carbocycles. The summed E-state index contributed by atoms with van der Waals surface area (Å²) in [7, 11) is 3.07. The van der Waals surface area contributed by atoms with Gasteiger partial charge < -0.3 is 20.5 Å². The van der Waals surface area contributed by atoms with Crippen molar-refractivity contribution in [1.29, 1.82) is 0 Å². The van der Waals surface area contributed by atoms with Crippen molar-refractivity contribution in [3.05, 3.63) is 58.2 Å². The zero-order valence-electron chi connectivity index (χ0n) is 14.8. The Balaban J connectivity index is 1.79. The summed E-state index contributed by atoms with van der Waals surface area (Å²) in [5.74, 6) is 0.817. The number of halogens is 1. The highest BCUT2D eigenvalue weighted by Gasteiger charge is 2.18. The molecule has 1 amide bonds. The summed E-state index contributed by atoms with van der Waals surface area (Å²) in [5, 5.41) is 10.6. The van der Waals surface area contributed by atoms with Crippen molar-refractivity contribution in [1.82, 2.24) is 15.0 Å². The van der Waals surface area contributed by atoms with E-state index in [4.69, 9.17) is 15.2 Å². The van der Waals surface area contributed by atoms with E-state index in [2.05, 4.69) is 31.6 Å². The van der Waals surface area contributed by atoms with Gasteiger partial charge in [-0.05, 0) is 17.7 Å². The first kappa shape index (κ1) is 18.7. The van der Waals surface area contributed by atoms with E-state index in [1.165, 1.54) is 18.9 Å². The molecule has 2 aromatic carbocycles. The van der Waals surface area contributed by atoms with Gasteiger partial charge in [-0.3, -0.25) is 4.79 Å². The van der Waals surface area contributed by atoms with Crippen molar-refractivity contribution < 1.29 is 14.3 Å². The number of anilines is 2. The Morgan fingerprint density at radius 1 is 1.19 bits per heavy atom. The van der Waals surface area contributed by atoms with Gasteiger partial charge in [-0.25, -0.2) is 4.68 Å². The number of nitrogens with zero attached hydrogens (tertiary/aromatic N) is 3. The monoisotopic (exact) mass is 431 g/mol. The van der Waals surface area contributed by atoms with Crippen LogP contribution in [-0.4, -0.2) is 35.1 Å². The summed E-state index contributed by atoms with van der Waals surface area (Å²) in [6.45, 7) is 0.401. The molecule has 0 saturated carbocycles. The first-order chi connectivity index (χ1) is 13.0. The molecule has 27 heavy (non-hydrogen) atoms.